The van der Waals surface area contributed by atoms with Gasteiger partial charge in [0, 0.05) is 43.2 Å². The molecule has 0 bridgehead atoms. The van der Waals surface area contributed by atoms with Crippen molar-refractivity contribution in [3.63, 3.8) is 0 Å². The Morgan fingerprint density at radius 2 is 2.00 bits per heavy atom. The fourth-order valence-corrected chi connectivity index (χ4v) is 2.92. The Balaban J connectivity index is 0.00000181. The van der Waals surface area contributed by atoms with Crippen LogP contribution in [0.1, 0.15) is 14.3 Å². The van der Waals surface area contributed by atoms with E-state index in [4.69, 9.17) is 9.84 Å². The van der Waals surface area contributed by atoms with Gasteiger partial charge in [-0.25, -0.2) is 8.78 Å². The Labute approximate surface area is 188 Å². The van der Waals surface area contributed by atoms with E-state index in [2.05, 4.69) is 15.4 Å². The number of carboxylic acid groups (broad SMARTS) is 1. The van der Waals surface area contributed by atoms with Gasteiger partial charge in [0.2, 0.25) is 5.91 Å². The number of nitrogens with zero attached hydrogens (tertiary/aromatic N) is 3. The minimum absolute atomic E-state index is 0. The first-order valence-corrected chi connectivity index (χ1v) is 8.95. The fraction of sp³-hybridized carbons (Fsp3) is 0.200. The molecule has 0 unspecified atom stereocenters. The van der Waals surface area contributed by atoms with E-state index < -0.39 is 40.4 Å². The summed E-state index contributed by atoms with van der Waals surface area (Å²) < 4.78 is 35.9. The molecule has 1 saturated carbocycles. The number of halogens is 2. The van der Waals surface area contributed by atoms with Crippen molar-refractivity contribution in [2.45, 2.75) is 12.8 Å². The predicted octanol–water partition coefficient (Wildman–Crippen LogP) is 0.472. The van der Waals surface area contributed by atoms with Gasteiger partial charge < -0.3 is 16.6 Å². The van der Waals surface area contributed by atoms with E-state index in [1.807, 2.05) is 0 Å². The van der Waals surface area contributed by atoms with Crippen molar-refractivity contribution in [1.82, 2.24) is 14.8 Å². The van der Waals surface area contributed by atoms with Crippen LogP contribution >= 0.6 is 0 Å². The van der Waals surface area contributed by atoms with E-state index in [-0.39, 0.29) is 38.9 Å². The summed E-state index contributed by atoms with van der Waals surface area (Å²) in [5.41, 5.74) is -0.769. The number of nitrogens with one attached hydrogen (secondary N) is 1. The zero-order chi connectivity index (χ0) is 21.5. The standard InChI is InChI=1S/C20H16F2N4O4.Li.H/c1-26-10-11(9-24-26)15-6-12(2-5-23-15)30-17-8-13(21)16(7-14(17)22)25-18(27)20(3-4-20)19(28)29;;/h2,5-10H,3-4H2,1H3,(H,25,27)(H,28,29);;/q;+1;-1. The van der Waals surface area contributed by atoms with Crippen LogP contribution in [0.5, 0.6) is 11.5 Å². The molecule has 3 aromatic rings. The van der Waals surface area contributed by atoms with Crippen LogP contribution in [0.2, 0.25) is 0 Å². The third-order valence-electron chi connectivity index (χ3n) is 4.82. The number of hydrogen-bond donors (Lipinski definition) is 2. The smallest absolute Gasteiger partial charge is 1.00 e. The Morgan fingerprint density at radius 3 is 2.61 bits per heavy atom. The molecule has 0 radical (unpaired) electrons. The molecular weight excluding hydrogens is 405 g/mol. The van der Waals surface area contributed by atoms with Crippen molar-refractivity contribution < 1.29 is 48.5 Å². The molecular formula is C20H17F2LiN4O4. The Morgan fingerprint density at radius 1 is 1.26 bits per heavy atom. The molecule has 1 fully saturated rings. The minimum atomic E-state index is -1.57. The third-order valence-corrected chi connectivity index (χ3v) is 4.82. The van der Waals surface area contributed by atoms with Gasteiger partial charge in [0.15, 0.2) is 17.4 Å². The van der Waals surface area contributed by atoms with Crippen molar-refractivity contribution in [2.24, 2.45) is 12.5 Å². The Kier molecular flexibility index (Phi) is 6.15. The summed E-state index contributed by atoms with van der Waals surface area (Å²) in [5.74, 6) is -4.22. The van der Waals surface area contributed by atoms with E-state index >= 15 is 0 Å². The van der Waals surface area contributed by atoms with Gasteiger partial charge in [-0.2, -0.15) is 5.10 Å². The first kappa shape index (κ1) is 22.5. The number of aryl methyl sites for hydroxylation is 1. The van der Waals surface area contributed by atoms with Crippen molar-refractivity contribution >= 4 is 17.6 Å². The number of pyridine rings is 1. The van der Waals surface area contributed by atoms with Gasteiger partial charge in [0.05, 0.1) is 17.6 Å². The molecule has 4 rings (SSSR count). The van der Waals surface area contributed by atoms with Crippen LogP contribution < -0.4 is 28.9 Å². The van der Waals surface area contributed by atoms with Gasteiger partial charge in [-0.15, -0.1) is 0 Å². The SMILES string of the molecule is Cn1cc(-c2cc(Oc3cc(F)c(NC(=O)C4(C(=O)O)CC4)cc3F)ccn2)cn1.[H-].[Li+]. The number of ether oxygens (including phenoxy) is 1. The summed E-state index contributed by atoms with van der Waals surface area (Å²) in [6, 6.07) is 4.57. The van der Waals surface area contributed by atoms with Crippen LogP contribution in [-0.4, -0.2) is 31.7 Å². The number of amides is 1. The number of anilines is 1. The monoisotopic (exact) mass is 422 g/mol. The molecule has 0 spiro atoms. The molecule has 156 valence electrons. The molecule has 0 saturated heterocycles. The van der Waals surface area contributed by atoms with E-state index in [1.54, 1.807) is 30.2 Å². The van der Waals surface area contributed by atoms with Crippen LogP contribution in [0.4, 0.5) is 14.5 Å². The Hall–Kier alpha value is -3.22. The molecule has 2 N–H and O–H groups in total. The maximum absolute atomic E-state index is 14.5. The number of aliphatic carboxylic acids is 1. The average molecular weight is 422 g/mol. The molecule has 2 aromatic heterocycles. The molecule has 8 nitrogen and oxygen atoms in total. The van der Waals surface area contributed by atoms with Crippen LogP contribution in [0.15, 0.2) is 42.9 Å². The topological polar surface area (TPSA) is 106 Å². The molecule has 0 atom stereocenters. The second-order valence-corrected chi connectivity index (χ2v) is 6.99. The van der Waals surface area contributed by atoms with Gasteiger partial charge in [0.1, 0.15) is 11.2 Å². The molecule has 1 amide bonds. The van der Waals surface area contributed by atoms with Crippen LogP contribution in [0.3, 0.4) is 0 Å². The number of benzene rings is 1. The quantitative estimate of drug-likeness (QED) is 0.442. The largest absolute Gasteiger partial charge is 1.00 e. The number of carbonyl (C=O) groups excluding carboxylic acids is 1. The van der Waals surface area contributed by atoms with Gasteiger partial charge in [-0.1, -0.05) is 0 Å². The number of carbonyl (C=O) groups is 2. The molecule has 31 heavy (non-hydrogen) atoms. The third kappa shape index (κ3) is 4.45. The summed E-state index contributed by atoms with van der Waals surface area (Å²) in [5, 5.41) is 15.3. The second kappa shape index (κ2) is 8.49. The first-order chi connectivity index (χ1) is 14.3. The van der Waals surface area contributed by atoms with Gasteiger partial charge in [-0.05, 0) is 18.9 Å². The zero-order valence-corrected chi connectivity index (χ0v) is 16.7. The van der Waals surface area contributed by atoms with Crippen molar-refractivity contribution in [2.75, 3.05) is 5.32 Å². The molecule has 2 heterocycles. The number of aromatic nitrogens is 3. The van der Waals surface area contributed by atoms with Crippen LogP contribution in [0, 0.1) is 17.0 Å². The average Bonchev–Trinajstić information content (AvgIpc) is 3.42. The zero-order valence-electron chi connectivity index (χ0n) is 17.7. The first-order valence-electron chi connectivity index (χ1n) is 8.95. The summed E-state index contributed by atoms with van der Waals surface area (Å²) >= 11 is 0. The molecule has 0 aliphatic heterocycles. The van der Waals surface area contributed by atoms with E-state index in [9.17, 15) is 18.4 Å². The van der Waals surface area contributed by atoms with Gasteiger partial charge >= 0.3 is 24.8 Å². The Bertz CT molecular complexity index is 1170. The summed E-state index contributed by atoms with van der Waals surface area (Å²) in [7, 11) is 1.75. The van der Waals surface area contributed by atoms with E-state index in [1.165, 1.54) is 12.3 Å². The maximum Gasteiger partial charge on any atom is 1.00 e. The van der Waals surface area contributed by atoms with Gasteiger partial charge in [-0.3, -0.25) is 19.3 Å². The summed E-state index contributed by atoms with van der Waals surface area (Å²) in [6.45, 7) is 0. The predicted molar refractivity (Wildman–Crippen MR) is 102 cm³/mol. The molecule has 1 aliphatic rings. The van der Waals surface area contributed by atoms with Crippen LogP contribution in [-0.2, 0) is 16.6 Å². The van der Waals surface area contributed by atoms with Gasteiger partial charge in [0.25, 0.3) is 0 Å². The van der Waals surface area contributed by atoms with Crippen molar-refractivity contribution in [3.05, 3.63) is 54.5 Å². The normalized spacial score (nSPS) is 13.8. The maximum atomic E-state index is 14.5. The van der Waals surface area contributed by atoms with E-state index in [0.717, 1.165) is 17.7 Å². The molecule has 11 heteroatoms. The molecule has 1 aromatic carbocycles. The number of carboxylic acids is 1. The summed E-state index contributed by atoms with van der Waals surface area (Å²) in [6.07, 6.45) is 5.12. The van der Waals surface area contributed by atoms with Crippen molar-refractivity contribution in [3.8, 4) is 22.8 Å². The van der Waals surface area contributed by atoms with E-state index in [0.29, 0.717) is 5.69 Å². The second-order valence-electron chi connectivity index (χ2n) is 6.99. The molecule has 1 aliphatic carbocycles. The van der Waals surface area contributed by atoms with Crippen LogP contribution in [0.25, 0.3) is 11.3 Å². The number of rotatable bonds is 6. The fourth-order valence-electron chi connectivity index (χ4n) is 2.92. The number of hydrogen-bond acceptors (Lipinski definition) is 5. The minimum Gasteiger partial charge on any atom is -1.00 e. The van der Waals surface area contributed by atoms with Crippen molar-refractivity contribution in [1.29, 1.82) is 0 Å². The summed E-state index contributed by atoms with van der Waals surface area (Å²) in [4.78, 5) is 27.5.